The standard InChI is InChI=1S/C8H7ClN2O/c9-7-3-6(5-12)4-11-2-1-10-8(7)11/h1-4,12H,5H2. The van der Waals surface area contributed by atoms with Crippen molar-refractivity contribution in [3.8, 4) is 0 Å². The molecule has 2 rings (SSSR count). The molecule has 0 bridgehead atoms. The second-order valence-corrected chi connectivity index (χ2v) is 2.92. The number of aliphatic hydroxyl groups is 1. The van der Waals surface area contributed by atoms with Crippen molar-refractivity contribution in [1.29, 1.82) is 0 Å². The lowest BCUT2D eigenvalue weighted by molar-refractivity contribution is 0.281. The molecule has 0 radical (unpaired) electrons. The molecule has 0 aliphatic carbocycles. The van der Waals surface area contributed by atoms with Crippen molar-refractivity contribution in [3.63, 3.8) is 0 Å². The summed E-state index contributed by atoms with van der Waals surface area (Å²) in [7, 11) is 0. The maximum Gasteiger partial charge on any atom is 0.155 e. The van der Waals surface area contributed by atoms with Gasteiger partial charge < -0.3 is 9.51 Å². The van der Waals surface area contributed by atoms with Gasteiger partial charge in [-0.2, -0.15) is 0 Å². The number of aliphatic hydroxyl groups excluding tert-OH is 1. The molecule has 0 spiro atoms. The lowest BCUT2D eigenvalue weighted by atomic mass is 10.3. The molecule has 62 valence electrons. The summed E-state index contributed by atoms with van der Waals surface area (Å²) in [6.07, 6.45) is 5.26. The van der Waals surface area contributed by atoms with Gasteiger partial charge in [0, 0.05) is 18.6 Å². The van der Waals surface area contributed by atoms with Gasteiger partial charge >= 0.3 is 0 Å². The third-order valence-electron chi connectivity index (χ3n) is 1.68. The molecule has 4 heteroatoms. The van der Waals surface area contributed by atoms with Crippen molar-refractivity contribution in [2.45, 2.75) is 6.61 Å². The van der Waals surface area contributed by atoms with Crippen molar-refractivity contribution >= 4 is 17.2 Å². The fourth-order valence-electron chi connectivity index (χ4n) is 1.13. The monoisotopic (exact) mass is 182 g/mol. The van der Waals surface area contributed by atoms with Crippen LogP contribution in [0.25, 0.3) is 5.65 Å². The third kappa shape index (κ3) is 1.07. The molecule has 2 heterocycles. The molecule has 0 aliphatic rings. The molecule has 3 nitrogen and oxygen atoms in total. The predicted molar refractivity (Wildman–Crippen MR) is 46.1 cm³/mol. The van der Waals surface area contributed by atoms with Gasteiger partial charge in [-0.25, -0.2) is 4.98 Å². The highest BCUT2D eigenvalue weighted by Gasteiger charge is 2.01. The van der Waals surface area contributed by atoms with E-state index < -0.39 is 0 Å². The number of imidazole rings is 1. The maximum absolute atomic E-state index is 8.87. The zero-order valence-corrected chi connectivity index (χ0v) is 6.99. The van der Waals surface area contributed by atoms with E-state index >= 15 is 0 Å². The van der Waals surface area contributed by atoms with Gasteiger partial charge in [-0.15, -0.1) is 0 Å². The number of nitrogens with zero attached hydrogens (tertiary/aromatic N) is 2. The van der Waals surface area contributed by atoms with Gasteiger partial charge in [0.1, 0.15) is 0 Å². The molecule has 0 fully saturated rings. The van der Waals surface area contributed by atoms with Gasteiger partial charge in [-0.05, 0) is 11.6 Å². The van der Waals surface area contributed by atoms with Gasteiger partial charge in [-0.1, -0.05) is 11.6 Å². The Bertz CT molecular complexity index is 410. The molecule has 2 aromatic heterocycles. The summed E-state index contributed by atoms with van der Waals surface area (Å²) in [4.78, 5) is 4.04. The predicted octanol–water partition coefficient (Wildman–Crippen LogP) is 1.48. The van der Waals surface area contributed by atoms with Crippen LogP contribution >= 0.6 is 11.6 Å². The van der Waals surface area contributed by atoms with Gasteiger partial charge in [0.25, 0.3) is 0 Å². The number of halogens is 1. The first-order valence-electron chi connectivity index (χ1n) is 3.53. The van der Waals surface area contributed by atoms with Crippen LogP contribution in [0.2, 0.25) is 5.02 Å². The number of rotatable bonds is 1. The number of hydrogen-bond acceptors (Lipinski definition) is 2. The van der Waals surface area contributed by atoms with Gasteiger partial charge in [0.2, 0.25) is 0 Å². The van der Waals surface area contributed by atoms with Crippen LogP contribution in [-0.4, -0.2) is 14.5 Å². The third-order valence-corrected chi connectivity index (χ3v) is 1.96. The Kier molecular flexibility index (Phi) is 1.75. The van der Waals surface area contributed by atoms with Crippen molar-refractivity contribution in [2.75, 3.05) is 0 Å². The van der Waals surface area contributed by atoms with Crippen LogP contribution in [0.4, 0.5) is 0 Å². The second-order valence-electron chi connectivity index (χ2n) is 2.51. The van der Waals surface area contributed by atoms with Gasteiger partial charge in [0.15, 0.2) is 5.65 Å². The maximum atomic E-state index is 8.87. The summed E-state index contributed by atoms with van der Waals surface area (Å²) < 4.78 is 1.79. The summed E-state index contributed by atoms with van der Waals surface area (Å²) >= 11 is 5.89. The minimum absolute atomic E-state index is 0.00611. The summed E-state index contributed by atoms with van der Waals surface area (Å²) in [5.74, 6) is 0. The fraction of sp³-hybridized carbons (Fsp3) is 0.125. The topological polar surface area (TPSA) is 37.5 Å². The van der Waals surface area contributed by atoms with E-state index in [1.54, 1.807) is 29.1 Å². The van der Waals surface area contributed by atoms with E-state index in [1.165, 1.54) is 0 Å². The number of fused-ring (bicyclic) bond motifs is 1. The van der Waals surface area contributed by atoms with Gasteiger partial charge in [0.05, 0.1) is 11.6 Å². The first-order chi connectivity index (χ1) is 5.81. The Hall–Kier alpha value is -1.06. The normalized spacial score (nSPS) is 10.8. The van der Waals surface area contributed by atoms with Crippen LogP contribution in [-0.2, 0) is 6.61 Å². The highest BCUT2D eigenvalue weighted by molar-refractivity contribution is 6.33. The van der Waals surface area contributed by atoms with E-state index in [-0.39, 0.29) is 6.61 Å². The summed E-state index contributed by atoms with van der Waals surface area (Å²) in [5, 5.41) is 9.43. The lowest BCUT2D eigenvalue weighted by Crippen LogP contribution is -1.90. The zero-order chi connectivity index (χ0) is 8.55. The molecule has 0 aromatic carbocycles. The van der Waals surface area contributed by atoms with Crippen LogP contribution in [0.15, 0.2) is 24.7 Å². The Morgan fingerprint density at radius 3 is 3.17 bits per heavy atom. The van der Waals surface area contributed by atoms with Crippen LogP contribution in [0, 0.1) is 0 Å². The molecular formula is C8H7ClN2O. The molecule has 2 aromatic rings. The van der Waals surface area contributed by atoms with Crippen LogP contribution in [0.5, 0.6) is 0 Å². The summed E-state index contributed by atoms with van der Waals surface area (Å²) in [6.45, 7) is -0.00611. The molecule has 0 atom stereocenters. The Balaban J connectivity index is 2.75. The van der Waals surface area contributed by atoms with E-state index in [1.807, 2.05) is 0 Å². The Morgan fingerprint density at radius 1 is 1.58 bits per heavy atom. The smallest absolute Gasteiger partial charge is 0.155 e. The van der Waals surface area contributed by atoms with E-state index in [0.717, 1.165) is 5.56 Å². The minimum atomic E-state index is -0.00611. The second kappa shape index (κ2) is 2.77. The zero-order valence-electron chi connectivity index (χ0n) is 6.24. The lowest BCUT2D eigenvalue weighted by Gasteiger charge is -1.99. The van der Waals surface area contributed by atoms with Crippen molar-refractivity contribution in [1.82, 2.24) is 9.38 Å². The van der Waals surface area contributed by atoms with Crippen molar-refractivity contribution in [2.24, 2.45) is 0 Å². The average Bonchev–Trinajstić information content (AvgIpc) is 2.52. The van der Waals surface area contributed by atoms with E-state index in [4.69, 9.17) is 16.7 Å². The number of hydrogen-bond donors (Lipinski definition) is 1. The quantitative estimate of drug-likeness (QED) is 0.726. The van der Waals surface area contributed by atoms with Crippen LogP contribution in [0.1, 0.15) is 5.56 Å². The molecular weight excluding hydrogens is 176 g/mol. The molecule has 0 saturated carbocycles. The summed E-state index contributed by atoms with van der Waals surface area (Å²) in [5.41, 5.74) is 1.50. The van der Waals surface area contributed by atoms with E-state index in [0.29, 0.717) is 10.7 Å². The molecule has 0 aliphatic heterocycles. The molecule has 1 N–H and O–H groups in total. The first kappa shape index (κ1) is 7.58. The Labute approximate surface area is 74.2 Å². The SMILES string of the molecule is OCc1cc(Cl)c2nccn2c1. The highest BCUT2D eigenvalue weighted by Crippen LogP contribution is 2.17. The van der Waals surface area contributed by atoms with Crippen molar-refractivity contribution in [3.05, 3.63) is 35.2 Å². The minimum Gasteiger partial charge on any atom is -0.392 e. The fourth-order valence-corrected chi connectivity index (χ4v) is 1.42. The van der Waals surface area contributed by atoms with Crippen molar-refractivity contribution < 1.29 is 5.11 Å². The molecule has 12 heavy (non-hydrogen) atoms. The first-order valence-corrected chi connectivity index (χ1v) is 3.91. The Morgan fingerprint density at radius 2 is 2.42 bits per heavy atom. The average molecular weight is 183 g/mol. The highest BCUT2D eigenvalue weighted by atomic mass is 35.5. The largest absolute Gasteiger partial charge is 0.392 e. The number of pyridine rings is 1. The molecule has 0 amide bonds. The summed E-state index contributed by atoms with van der Waals surface area (Å²) in [6, 6.07) is 1.71. The van der Waals surface area contributed by atoms with E-state index in [9.17, 15) is 0 Å². The van der Waals surface area contributed by atoms with Crippen LogP contribution in [0.3, 0.4) is 0 Å². The van der Waals surface area contributed by atoms with E-state index in [2.05, 4.69) is 4.98 Å². The molecule has 0 saturated heterocycles. The van der Waals surface area contributed by atoms with Crippen LogP contribution < -0.4 is 0 Å². The molecule has 0 unspecified atom stereocenters. The number of aromatic nitrogens is 2. The van der Waals surface area contributed by atoms with Gasteiger partial charge in [-0.3, -0.25) is 0 Å².